The number of amides is 1. The number of nitrogens with one attached hydrogen (secondary N) is 1. The van der Waals surface area contributed by atoms with Crippen LogP contribution in [0.15, 0.2) is 0 Å². The van der Waals surface area contributed by atoms with Gasteiger partial charge in [0.15, 0.2) is 0 Å². The SMILES string of the molecule is CCCCN(C)CC1CCN(C(=O)C2CCNCC2)CC1. The van der Waals surface area contributed by atoms with Gasteiger partial charge in [-0.3, -0.25) is 4.79 Å². The second-order valence-electron chi connectivity index (χ2n) is 6.91. The Morgan fingerprint density at radius 3 is 2.48 bits per heavy atom. The smallest absolute Gasteiger partial charge is 0.225 e. The highest BCUT2D eigenvalue weighted by molar-refractivity contribution is 5.79. The monoisotopic (exact) mass is 295 g/mol. The van der Waals surface area contributed by atoms with Gasteiger partial charge in [0, 0.05) is 25.6 Å². The van der Waals surface area contributed by atoms with Gasteiger partial charge in [-0.15, -0.1) is 0 Å². The minimum absolute atomic E-state index is 0.287. The van der Waals surface area contributed by atoms with E-state index in [0.717, 1.165) is 44.9 Å². The largest absolute Gasteiger partial charge is 0.342 e. The summed E-state index contributed by atoms with van der Waals surface area (Å²) in [6.45, 7) is 8.65. The lowest BCUT2D eigenvalue weighted by Gasteiger charge is -2.36. The molecule has 0 aromatic rings. The van der Waals surface area contributed by atoms with Crippen LogP contribution < -0.4 is 5.32 Å². The van der Waals surface area contributed by atoms with Crippen LogP contribution in [0.1, 0.15) is 45.4 Å². The number of carbonyl (C=O) groups excluding carboxylic acids is 1. The predicted octanol–water partition coefficient (Wildman–Crippen LogP) is 1.96. The van der Waals surface area contributed by atoms with Gasteiger partial charge in [0.25, 0.3) is 0 Å². The number of hydrogen-bond acceptors (Lipinski definition) is 3. The quantitative estimate of drug-likeness (QED) is 0.813. The van der Waals surface area contributed by atoms with E-state index in [2.05, 4.69) is 29.1 Å². The van der Waals surface area contributed by atoms with Crippen LogP contribution in [0, 0.1) is 11.8 Å². The molecule has 0 spiro atoms. The first-order valence-electron chi connectivity index (χ1n) is 8.88. The van der Waals surface area contributed by atoms with Crippen molar-refractivity contribution in [3.8, 4) is 0 Å². The molecule has 0 aromatic heterocycles. The second kappa shape index (κ2) is 8.74. The molecule has 122 valence electrons. The van der Waals surface area contributed by atoms with Crippen molar-refractivity contribution >= 4 is 5.91 Å². The Labute approximate surface area is 130 Å². The first-order chi connectivity index (χ1) is 10.2. The van der Waals surface area contributed by atoms with Crippen molar-refractivity contribution < 1.29 is 4.79 Å². The molecule has 2 aliphatic heterocycles. The first-order valence-corrected chi connectivity index (χ1v) is 8.88. The third-order valence-corrected chi connectivity index (χ3v) is 5.08. The Hall–Kier alpha value is -0.610. The highest BCUT2D eigenvalue weighted by Crippen LogP contribution is 2.22. The van der Waals surface area contributed by atoms with Gasteiger partial charge in [-0.2, -0.15) is 0 Å². The third-order valence-electron chi connectivity index (χ3n) is 5.08. The Balaban J connectivity index is 1.68. The summed E-state index contributed by atoms with van der Waals surface area (Å²) in [6.07, 6.45) is 6.99. The van der Waals surface area contributed by atoms with Crippen molar-refractivity contribution in [1.82, 2.24) is 15.1 Å². The summed E-state index contributed by atoms with van der Waals surface area (Å²) >= 11 is 0. The maximum Gasteiger partial charge on any atom is 0.225 e. The molecule has 1 N–H and O–H groups in total. The fraction of sp³-hybridized carbons (Fsp3) is 0.941. The van der Waals surface area contributed by atoms with Crippen LogP contribution in [0.25, 0.3) is 0 Å². The van der Waals surface area contributed by atoms with Crippen molar-refractivity contribution in [3.05, 3.63) is 0 Å². The molecule has 0 aliphatic carbocycles. The number of piperidine rings is 2. The Morgan fingerprint density at radius 2 is 1.86 bits per heavy atom. The normalized spacial score (nSPS) is 22.0. The van der Waals surface area contributed by atoms with Crippen molar-refractivity contribution in [1.29, 1.82) is 0 Å². The van der Waals surface area contributed by atoms with E-state index in [0.29, 0.717) is 5.91 Å². The molecule has 2 aliphatic rings. The van der Waals surface area contributed by atoms with Crippen LogP contribution >= 0.6 is 0 Å². The molecule has 0 saturated carbocycles. The van der Waals surface area contributed by atoms with Gasteiger partial charge in [-0.05, 0) is 64.7 Å². The standard InChI is InChI=1S/C17H33N3O/c1-3-4-11-19(2)14-15-7-12-20(13-8-15)17(21)16-5-9-18-10-6-16/h15-16,18H,3-14H2,1-2H3. The number of carbonyl (C=O) groups is 1. The van der Waals surface area contributed by atoms with Crippen molar-refractivity contribution in [3.63, 3.8) is 0 Å². The van der Waals surface area contributed by atoms with Crippen molar-refractivity contribution in [2.24, 2.45) is 11.8 Å². The minimum atomic E-state index is 0.287. The maximum absolute atomic E-state index is 12.5. The molecule has 0 unspecified atom stereocenters. The molecule has 2 rings (SSSR count). The van der Waals surface area contributed by atoms with Gasteiger partial charge in [0.1, 0.15) is 0 Å². The molecule has 0 atom stereocenters. The minimum Gasteiger partial charge on any atom is -0.342 e. The molecule has 2 heterocycles. The highest BCUT2D eigenvalue weighted by atomic mass is 16.2. The predicted molar refractivity (Wildman–Crippen MR) is 87.3 cm³/mol. The van der Waals surface area contributed by atoms with Crippen LogP contribution in [0.5, 0.6) is 0 Å². The van der Waals surface area contributed by atoms with E-state index in [4.69, 9.17) is 0 Å². The lowest BCUT2D eigenvalue weighted by atomic mass is 9.92. The van der Waals surface area contributed by atoms with Gasteiger partial charge >= 0.3 is 0 Å². The summed E-state index contributed by atoms with van der Waals surface area (Å²) < 4.78 is 0. The summed E-state index contributed by atoms with van der Waals surface area (Å²) in [4.78, 5) is 17.1. The average Bonchev–Trinajstić information content (AvgIpc) is 2.54. The first kappa shape index (κ1) is 16.8. The fourth-order valence-electron chi connectivity index (χ4n) is 3.62. The Kier molecular flexibility index (Phi) is 6.97. The van der Waals surface area contributed by atoms with Crippen LogP contribution in [-0.4, -0.2) is 62.0 Å². The molecule has 2 saturated heterocycles. The van der Waals surface area contributed by atoms with E-state index in [1.54, 1.807) is 0 Å². The number of nitrogens with zero attached hydrogens (tertiary/aromatic N) is 2. The molecule has 2 fully saturated rings. The molecule has 0 bridgehead atoms. The topological polar surface area (TPSA) is 35.6 Å². The van der Waals surface area contributed by atoms with Crippen LogP contribution in [0.2, 0.25) is 0 Å². The summed E-state index contributed by atoms with van der Waals surface area (Å²) in [5, 5.41) is 3.34. The number of rotatable bonds is 6. The zero-order valence-corrected chi connectivity index (χ0v) is 13.9. The lowest BCUT2D eigenvalue weighted by Crippen LogP contribution is -2.45. The molecular weight excluding hydrogens is 262 g/mol. The fourth-order valence-corrected chi connectivity index (χ4v) is 3.62. The molecule has 4 heteroatoms. The number of likely N-dealkylation sites (tertiary alicyclic amines) is 1. The van der Waals surface area contributed by atoms with Crippen molar-refractivity contribution in [2.75, 3.05) is 46.3 Å². The molecule has 4 nitrogen and oxygen atoms in total. The summed E-state index contributed by atoms with van der Waals surface area (Å²) in [6, 6.07) is 0. The van der Waals surface area contributed by atoms with Crippen LogP contribution in [0.3, 0.4) is 0 Å². The Bertz CT molecular complexity index is 307. The number of unbranched alkanes of at least 4 members (excludes halogenated alkanes) is 1. The second-order valence-corrected chi connectivity index (χ2v) is 6.91. The van der Waals surface area contributed by atoms with Crippen molar-refractivity contribution in [2.45, 2.75) is 45.4 Å². The van der Waals surface area contributed by atoms with E-state index in [1.165, 1.54) is 38.8 Å². The van der Waals surface area contributed by atoms with E-state index in [-0.39, 0.29) is 5.92 Å². The number of hydrogen-bond donors (Lipinski definition) is 1. The van der Waals surface area contributed by atoms with Gasteiger partial charge in [-0.25, -0.2) is 0 Å². The lowest BCUT2D eigenvalue weighted by molar-refractivity contribution is -0.137. The molecular formula is C17H33N3O. The zero-order chi connectivity index (χ0) is 15.1. The summed E-state index contributed by atoms with van der Waals surface area (Å²) in [7, 11) is 2.24. The molecule has 1 amide bonds. The van der Waals surface area contributed by atoms with E-state index in [9.17, 15) is 4.79 Å². The zero-order valence-electron chi connectivity index (χ0n) is 13.9. The van der Waals surface area contributed by atoms with Crippen LogP contribution in [-0.2, 0) is 4.79 Å². The third kappa shape index (κ3) is 5.26. The van der Waals surface area contributed by atoms with Gasteiger partial charge < -0.3 is 15.1 Å². The molecule has 0 aromatic carbocycles. The van der Waals surface area contributed by atoms with Gasteiger partial charge in [0.05, 0.1) is 0 Å². The van der Waals surface area contributed by atoms with Gasteiger partial charge in [-0.1, -0.05) is 13.3 Å². The van der Waals surface area contributed by atoms with E-state index >= 15 is 0 Å². The van der Waals surface area contributed by atoms with Crippen LogP contribution in [0.4, 0.5) is 0 Å². The highest BCUT2D eigenvalue weighted by Gasteiger charge is 2.29. The van der Waals surface area contributed by atoms with Gasteiger partial charge in [0.2, 0.25) is 5.91 Å². The molecule has 21 heavy (non-hydrogen) atoms. The Morgan fingerprint density at radius 1 is 1.19 bits per heavy atom. The summed E-state index contributed by atoms with van der Waals surface area (Å²) in [5.41, 5.74) is 0. The van der Waals surface area contributed by atoms with E-state index < -0.39 is 0 Å². The molecule has 0 radical (unpaired) electrons. The van der Waals surface area contributed by atoms with E-state index in [1.807, 2.05) is 0 Å². The average molecular weight is 295 g/mol. The summed E-state index contributed by atoms with van der Waals surface area (Å²) in [5.74, 6) is 1.49. The maximum atomic E-state index is 12.5.